The number of hydrogen-bond donors (Lipinski definition) is 0. The Bertz CT molecular complexity index is 790. The van der Waals surface area contributed by atoms with Gasteiger partial charge in [0.15, 0.2) is 0 Å². The monoisotopic (exact) mass is 294 g/mol. The minimum absolute atomic E-state index is 0.628. The van der Waals surface area contributed by atoms with Crippen LogP contribution in [0.4, 0.5) is 0 Å². The standard InChI is InChI=1S/C20H19Cl/c21-12-11-14-5-8-18-16(13-14)7-10-19-17-4-2-1-3-15(17)6-9-20(18)19/h1-2,4-6,8-10,14H,3,7,11-13H2/t14-/m1/s1. The van der Waals surface area contributed by atoms with E-state index in [9.17, 15) is 0 Å². The highest BCUT2D eigenvalue weighted by molar-refractivity contribution is 6.17. The first-order valence-electron chi connectivity index (χ1n) is 7.82. The Morgan fingerprint density at radius 2 is 2.10 bits per heavy atom. The summed E-state index contributed by atoms with van der Waals surface area (Å²) in [7, 11) is 0. The number of hydrogen-bond acceptors (Lipinski definition) is 0. The van der Waals surface area contributed by atoms with Crippen LogP contribution in [0.1, 0.15) is 30.4 Å². The normalized spacial score (nSPS) is 22.0. The molecule has 21 heavy (non-hydrogen) atoms. The first-order chi connectivity index (χ1) is 10.4. The minimum atomic E-state index is 0.628. The summed E-state index contributed by atoms with van der Waals surface area (Å²) in [5.74, 6) is 1.38. The van der Waals surface area contributed by atoms with Gasteiger partial charge in [-0.1, -0.05) is 54.2 Å². The molecule has 4 rings (SSSR count). The SMILES string of the molecule is ClCC[C@H]1C=CC2=C(CC=c3c2ccc2c3=CC=CC2)C1. The van der Waals surface area contributed by atoms with Crippen LogP contribution in [0.3, 0.4) is 0 Å². The molecule has 0 fully saturated rings. The molecular formula is C20H19Cl. The van der Waals surface area contributed by atoms with Gasteiger partial charge in [0.1, 0.15) is 0 Å². The van der Waals surface area contributed by atoms with Gasteiger partial charge >= 0.3 is 0 Å². The van der Waals surface area contributed by atoms with E-state index in [1.165, 1.54) is 33.6 Å². The van der Waals surface area contributed by atoms with Gasteiger partial charge in [-0.05, 0) is 58.7 Å². The van der Waals surface area contributed by atoms with Crippen LogP contribution in [-0.4, -0.2) is 5.88 Å². The number of halogens is 1. The first-order valence-corrected chi connectivity index (χ1v) is 8.36. The predicted octanol–water partition coefficient (Wildman–Crippen LogP) is 3.72. The van der Waals surface area contributed by atoms with Crippen LogP contribution in [0.25, 0.3) is 17.7 Å². The van der Waals surface area contributed by atoms with Gasteiger partial charge in [-0.15, -0.1) is 11.6 Å². The van der Waals surface area contributed by atoms with E-state index in [0.29, 0.717) is 5.92 Å². The molecule has 0 amide bonds. The van der Waals surface area contributed by atoms with E-state index in [1.807, 2.05) is 0 Å². The second-order valence-corrected chi connectivity index (χ2v) is 6.50. The van der Waals surface area contributed by atoms with Crippen molar-refractivity contribution >= 4 is 29.3 Å². The second-order valence-electron chi connectivity index (χ2n) is 6.12. The number of allylic oxidation sites excluding steroid dienone is 6. The van der Waals surface area contributed by atoms with E-state index >= 15 is 0 Å². The molecule has 0 aliphatic heterocycles. The van der Waals surface area contributed by atoms with Crippen molar-refractivity contribution in [2.45, 2.75) is 25.7 Å². The summed E-state index contributed by atoms with van der Waals surface area (Å²) >= 11 is 5.90. The molecule has 0 spiro atoms. The summed E-state index contributed by atoms with van der Waals surface area (Å²) in [5, 5.41) is 2.87. The molecule has 3 aliphatic rings. The van der Waals surface area contributed by atoms with Gasteiger partial charge < -0.3 is 0 Å². The Hall–Kier alpha value is -1.53. The summed E-state index contributed by atoms with van der Waals surface area (Å²) in [6.07, 6.45) is 18.2. The van der Waals surface area contributed by atoms with E-state index in [-0.39, 0.29) is 0 Å². The van der Waals surface area contributed by atoms with Gasteiger partial charge in [-0.3, -0.25) is 0 Å². The lowest BCUT2D eigenvalue weighted by Gasteiger charge is -2.25. The molecule has 1 heteroatoms. The van der Waals surface area contributed by atoms with E-state index in [0.717, 1.165) is 25.1 Å². The van der Waals surface area contributed by atoms with E-state index in [4.69, 9.17) is 11.6 Å². The largest absolute Gasteiger partial charge is 0.127 e. The molecule has 0 saturated carbocycles. The highest BCUT2D eigenvalue weighted by Gasteiger charge is 2.20. The van der Waals surface area contributed by atoms with Crippen LogP contribution >= 0.6 is 11.6 Å². The molecule has 1 atom stereocenters. The lowest BCUT2D eigenvalue weighted by Crippen LogP contribution is -2.34. The van der Waals surface area contributed by atoms with Crippen LogP contribution < -0.4 is 10.4 Å². The summed E-state index contributed by atoms with van der Waals surface area (Å²) < 4.78 is 0. The molecule has 3 aliphatic carbocycles. The fourth-order valence-electron chi connectivity index (χ4n) is 3.75. The van der Waals surface area contributed by atoms with Crippen molar-refractivity contribution in [3.8, 4) is 0 Å². The van der Waals surface area contributed by atoms with E-state index < -0.39 is 0 Å². The Labute approximate surface area is 130 Å². The van der Waals surface area contributed by atoms with Gasteiger partial charge in [0.05, 0.1) is 0 Å². The fourth-order valence-corrected chi connectivity index (χ4v) is 4.03. The molecule has 0 unspecified atom stereocenters. The highest BCUT2D eigenvalue weighted by atomic mass is 35.5. The van der Waals surface area contributed by atoms with Crippen molar-refractivity contribution in [3.05, 3.63) is 63.6 Å². The fraction of sp³-hybridized carbons (Fsp3) is 0.300. The van der Waals surface area contributed by atoms with Crippen molar-refractivity contribution in [2.75, 3.05) is 5.88 Å². The van der Waals surface area contributed by atoms with Crippen molar-refractivity contribution in [3.63, 3.8) is 0 Å². The van der Waals surface area contributed by atoms with Crippen molar-refractivity contribution in [1.29, 1.82) is 0 Å². The molecule has 0 N–H and O–H groups in total. The summed E-state index contributed by atoms with van der Waals surface area (Å²) in [6.45, 7) is 0. The van der Waals surface area contributed by atoms with Gasteiger partial charge in [-0.2, -0.15) is 0 Å². The molecular weight excluding hydrogens is 276 g/mol. The van der Waals surface area contributed by atoms with Gasteiger partial charge in [0.2, 0.25) is 0 Å². The molecule has 0 saturated heterocycles. The van der Waals surface area contributed by atoms with Crippen LogP contribution in [-0.2, 0) is 6.42 Å². The number of benzene rings is 1. The molecule has 0 heterocycles. The Kier molecular flexibility index (Phi) is 3.35. The summed E-state index contributed by atoms with van der Waals surface area (Å²) in [6, 6.07) is 4.62. The number of alkyl halides is 1. The van der Waals surface area contributed by atoms with Gasteiger partial charge in [0.25, 0.3) is 0 Å². The summed E-state index contributed by atoms with van der Waals surface area (Å²) in [4.78, 5) is 0. The number of fused-ring (bicyclic) bond motifs is 4. The third-order valence-corrected chi connectivity index (χ3v) is 5.08. The molecule has 1 aromatic carbocycles. The molecule has 0 radical (unpaired) electrons. The maximum Gasteiger partial charge on any atom is 0.0229 e. The third-order valence-electron chi connectivity index (χ3n) is 4.86. The smallest absolute Gasteiger partial charge is 0.0229 e. The quantitative estimate of drug-likeness (QED) is 0.729. The zero-order chi connectivity index (χ0) is 14.2. The summed E-state index contributed by atoms with van der Waals surface area (Å²) in [5.41, 5.74) is 5.92. The zero-order valence-corrected chi connectivity index (χ0v) is 12.9. The average molecular weight is 295 g/mol. The van der Waals surface area contributed by atoms with Crippen molar-refractivity contribution < 1.29 is 0 Å². The lowest BCUT2D eigenvalue weighted by atomic mass is 9.80. The molecule has 0 aromatic heterocycles. The predicted molar refractivity (Wildman–Crippen MR) is 91.6 cm³/mol. The lowest BCUT2D eigenvalue weighted by molar-refractivity contribution is 0.614. The van der Waals surface area contributed by atoms with Crippen LogP contribution in [0.2, 0.25) is 0 Å². The Balaban J connectivity index is 1.82. The molecule has 0 nitrogen and oxygen atoms in total. The number of rotatable bonds is 2. The van der Waals surface area contributed by atoms with Crippen LogP contribution in [0.5, 0.6) is 0 Å². The minimum Gasteiger partial charge on any atom is -0.127 e. The molecule has 106 valence electrons. The van der Waals surface area contributed by atoms with E-state index in [2.05, 4.69) is 48.6 Å². The maximum absolute atomic E-state index is 5.90. The van der Waals surface area contributed by atoms with E-state index in [1.54, 1.807) is 5.57 Å². The third kappa shape index (κ3) is 2.22. The van der Waals surface area contributed by atoms with Gasteiger partial charge in [-0.25, -0.2) is 0 Å². The zero-order valence-electron chi connectivity index (χ0n) is 12.1. The molecule has 1 aromatic rings. The Morgan fingerprint density at radius 3 is 3.00 bits per heavy atom. The second kappa shape index (κ2) is 5.35. The maximum atomic E-state index is 5.90. The highest BCUT2D eigenvalue weighted by Crippen LogP contribution is 2.34. The first kappa shape index (κ1) is 13.2. The average Bonchev–Trinajstić information content (AvgIpc) is 2.54. The van der Waals surface area contributed by atoms with Gasteiger partial charge in [0, 0.05) is 5.88 Å². The van der Waals surface area contributed by atoms with Crippen LogP contribution in [0, 0.1) is 5.92 Å². The van der Waals surface area contributed by atoms with Crippen molar-refractivity contribution in [2.24, 2.45) is 5.92 Å². The van der Waals surface area contributed by atoms with Crippen LogP contribution in [0.15, 0.2) is 42.0 Å². The Morgan fingerprint density at radius 1 is 1.14 bits per heavy atom. The topological polar surface area (TPSA) is 0 Å². The van der Waals surface area contributed by atoms with Crippen molar-refractivity contribution in [1.82, 2.24) is 0 Å². The molecule has 0 bridgehead atoms.